The van der Waals surface area contributed by atoms with Gasteiger partial charge in [-0.1, -0.05) is 0 Å². The number of aryl methyl sites for hydroxylation is 1. The van der Waals surface area contributed by atoms with E-state index in [0.717, 1.165) is 17.8 Å². The molecule has 1 aliphatic rings. The Kier molecular flexibility index (Phi) is 4.08. The molecule has 1 saturated heterocycles. The predicted octanol–water partition coefficient (Wildman–Crippen LogP) is 0.449. The van der Waals surface area contributed by atoms with Gasteiger partial charge in [-0.05, 0) is 38.4 Å². The van der Waals surface area contributed by atoms with Gasteiger partial charge < -0.3 is 10.4 Å². The molecule has 1 atom stereocenters. The SMILES string of the molecule is Cc1ccc(S(=O)(=O)NCC2(O)CCCNC2)s1. The normalized spacial score (nSPS) is 25.2. The van der Waals surface area contributed by atoms with Crippen LogP contribution in [0.5, 0.6) is 0 Å². The van der Waals surface area contributed by atoms with Gasteiger partial charge in [0.15, 0.2) is 0 Å². The second kappa shape index (κ2) is 5.26. The van der Waals surface area contributed by atoms with Crippen molar-refractivity contribution in [2.75, 3.05) is 19.6 Å². The molecule has 0 spiro atoms. The molecule has 0 radical (unpaired) electrons. The van der Waals surface area contributed by atoms with Crippen LogP contribution >= 0.6 is 11.3 Å². The standard InChI is InChI=1S/C11H18N2O3S2/c1-9-3-4-10(17-9)18(15,16)13-8-11(14)5-2-6-12-7-11/h3-4,12-14H,2,5-8H2,1H3. The first-order valence-electron chi connectivity index (χ1n) is 5.91. The first-order valence-corrected chi connectivity index (χ1v) is 8.21. The molecule has 1 aromatic rings. The van der Waals surface area contributed by atoms with Gasteiger partial charge in [-0.15, -0.1) is 11.3 Å². The van der Waals surface area contributed by atoms with Crippen molar-refractivity contribution in [2.24, 2.45) is 0 Å². The maximum atomic E-state index is 12.0. The van der Waals surface area contributed by atoms with E-state index in [1.807, 2.05) is 6.92 Å². The molecule has 2 rings (SSSR count). The van der Waals surface area contributed by atoms with E-state index in [4.69, 9.17) is 0 Å². The first kappa shape index (κ1) is 14.0. The van der Waals surface area contributed by atoms with Gasteiger partial charge in [0.2, 0.25) is 10.0 Å². The van der Waals surface area contributed by atoms with Gasteiger partial charge in [0, 0.05) is 18.0 Å². The van der Waals surface area contributed by atoms with Crippen LogP contribution in [0.25, 0.3) is 0 Å². The van der Waals surface area contributed by atoms with Gasteiger partial charge in [0.05, 0.1) is 5.60 Å². The molecule has 7 heteroatoms. The third kappa shape index (κ3) is 3.30. The molecule has 1 aromatic heterocycles. The number of rotatable bonds is 4. The van der Waals surface area contributed by atoms with Crippen LogP contribution in [-0.2, 0) is 10.0 Å². The summed E-state index contributed by atoms with van der Waals surface area (Å²) in [6, 6.07) is 3.36. The Morgan fingerprint density at radius 3 is 2.89 bits per heavy atom. The Balaban J connectivity index is 2.01. The summed E-state index contributed by atoms with van der Waals surface area (Å²) in [7, 11) is -3.50. The van der Waals surface area contributed by atoms with Crippen molar-refractivity contribution in [3.05, 3.63) is 17.0 Å². The predicted molar refractivity (Wildman–Crippen MR) is 71.3 cm³/mol. The second-order valence-electron chi connectivity index (χ2n) is 4.69. The number of sulfonamides is 1. The Morgan fingerprint density at radius 1 is 1.56 bits per heavy atom. The molecule has 0 saturated carbocycles. The largest absolute Gasteiger partial charge is 0.387 e. The van der Waals surface area contributed by atoms with Crippen LogP contribution in [0.15, 0.2) is 16.3 Å². The number of hydrogen-bond acceptors (Lipinski definition) is 5. The average Bonchev–Trinajstić information content (AvgIpc) is 2.76. The molecule has 0 bridgehead atoms. The Bertz CT molecular complexity index is 504. The van der Waals surface area contributed by atoms with Crippen molar-refractivity contribution in [3.8, 4) is 0 Å². The van der Waals surface area contributed by atoms with E-state index in [1.165, 1.54) is 11.3 Å². The Labute approximate surface area is 111 Å². The molecular formula is C11H18N2O3S2. The summed E-state index contributed by atoms with van der Waals surface area (Å²) in [5.41, 5.74) is -0.975. The third-order valence-corrected chi connectivity index (χ3v) is 5.92. The van der Waals surface area contributed by atoms with E-state index < -0.39 is 15.6 Å². The smallest absolute Gasteiger partial charge is 0.250 e. The zero-order chi connectivity index (χ0) is 13.2. The molecule has 3 N–H and O–H groups in total. The summed E-state index contributed by atoms with van der Waals surface area (Å²) >= 11 is 1.23. The molecule has 1 aliphatic heterocycles. The molecule has 18 heavy (non-hydrogen) atoms. The highest BCUT2D eigenvalue weighted by Gasteiger charge is 2.31. The van der Waals surface area contributed by atoms with E-state index >= 15 is 0 Å². The summed E-state index contributed by atoms with van der Waals surface area (Å²) in [5, 5.41) is 13.3. The number of piperidine rings is 1. The lowest BCUT2D eigenvalue weighted by molar-refractivity contribution is 0.0218. The second-order valence-corrected chi connectivity index (χ2v) is 7.98. The van der Waals surface area contributed by atoms with Gasteiger partial charge in [0.1, 0.15) is 4.21 Å². The van der Waals surface area contributed by atoms with Gasteiger partial charge in [0.25, 0.3) is 0 Å². The molecule has 1 fully saturated rings. The van der Waals surface area contributed by atoms with Crippen molar-refractivity contribution in [2.45, 2.75) is 29.6 Å². The topological polar surface area (TPSA) is 78.4 Å². The zero-order valence-corrected chi connectivity index (χ0v) is 11.9. The van der Waals surface area contributed by atoms with E-state index in [2.05, 4.69) is 10.0 Å². The molecule has 0 aliphatic carbocycles. The summed E-state index contributed by atoms with van der Waals surface area (Å²) in [4.78, 5) is 0.952. The van der Waals surface area contributed by atoms with Gasteiger partial charge in [-0.25, -0.2) is 13.1 Å². The summed E-state index contributed by atoms with van der Waals surface area (Å²) in [6.45, 7) is 3.22. The highest BCUT2D eigenvalue weighted by Crippen LogP contribution is 2.21. The number of hydrogen-bond donors (Lipinski definition) is 3. The quantitative estimate of drug-likeness (QED) is 0.752. The van der Waals surface area contributed by atoms with Gasteiger partial charge in [-0.2, -0.15) is 0 Å². The zero-order valence-electron chi connectivity index (χ0n) is 10.3. The highest BCUT2D eigenvalue weighted by atomic mass is 32.2. The number of β-amino-alcohol motifs (C(OH)–C–C–N with tert-alkyl or cyclic N) is 1. The molecule has 2 heterocycles. The Hall–Kier alpha value is -0.470. The van der Waals surface area contributed by atoms with Crippen LogP contribution in [0, 0.1) is 6.92 Å². The molecule has 1 unspecified atom stereocenters. The van der Waals surface area contributed by atoms with Crippen molar-refractivity contribution < 1.29 is 13.5 Å². The van der Waals surface area contributed by atoms with E-state index in [-0.39, 0.29) is 6.54 Å². The highest BCUT2D eigenvalue weighted by molar-refractivity contribution is 7.91. The molecule has 0 amide bonds. The lowest BCUT2D eigenvalue weighted by Crippen LogP contribution is -2.52. The van der Waals surface area contributed by atoms with Gasteiger partial charge >= 0.3 is 0 Å². The minimum Gasteiger partial charge on any atom is -0.387 e. The number of thiophene rings is 1. The van der Waals surface area contributed by atoms with Crippen LogP contribution in [-0.4, -0.2) is 38.8 Å². The Morgan fingerprint density at radius 2 is 2.33 bits per heavy atom. The fourth-order valence-electron chi connectivity index (χ4n) is 1.96. The lowest BCUT2D eigenvalue weighted by atomic mass is 9.95. The lowest BCUT2D eigenvalue weighted by Gasteiger charge is -2.32. The fourth-order valence-corrected chi connectivity index (χ4v) is 4.41. The maximum Gasteiger partial charge on any atom is 0.250 e. The third-order valence-electron chi connectivity index (χ3n) is 3.02. The fraction of sp³-hybridized carbons (Fsp3) is 0.636. The van der Waals surface area contributed by atoms with Crippen molar-refractivity contribution in [1.82, 2.24) is 10.0 Å². The van der Waals surface area contributed by atoms with Crippen molar-refractivity contribution in [3.63, 3.8) is 0 Å². The summed E-state index contributed by atoms with van der Waals surface area (Å²) < 4.78 is 26.8. The van der Waals surface area contributed by atoms with E-state index in [0.29, 0.717) is 17.2 Å². The maximum absolute atomic E-state index is 12.0. The first-order chi connectivity index (χ1) is 8.41. The van der Waals surface area contributed by atoms with Crippen LogP contribution in [0.3, 0.4) is 0 Å². The average molecular weight is 290 g/mol. The van der Waals surface area contributed by atoms with Crippen molar-refractivity contribution in [1.29, 1.82) is 0 Å². The molecular weight excluding hydrogens is 272 g/mol. The van der Waals surface area contributed by atoms with E-state index in [1.54, 1.807) is 12.1 Å². The van der Waals surface area contributed by atoms with E-state index in [9.17, 15) is 13.5 Å². The van der Waals surface area contributed by atoms with Gasteiger partial charge in [-0.3, -0.25) is 0 Å². The molecule has 5 nitrogen and oxygen atoms in total. The minimum atomic E-state index is -3.50. The van der Waals surface area contributed by atoms with Crippen molar-refractivity contribution >= 4 is 21.4 Å². The van der Waals surface area contributed by atoms with Crippen LogP contribution in [0.2, 0.25) is 0 Å². The molecule has 102 valence electrons. The van der Waals surface area contributed by atoms with Crippen LogP contribution < -0.4 is 10.0 Å². The minimum absolute atomic E-state index is 0.0548. The monoisotopic (exact) mass is 290 g/mol. The summed E-state index contributed by atoms with van der Waals surface area (Å²) in [5.74, 6) is 0. The van der Waals surface area contributed by atoms with Crippen LogP contribution in [0.1, 0.15) is 17.7 Å². The molecule has 0 aromatic carbocycles. The number of aliphatic hydroxyl groups is 1. The van der Waals surface area contributed by atoms with Crippen LogP contribution in [0.4, 0.5) is 0 Å². The summed E-state index contributed by atoms with van der Waals surface area (Å²) in [6.07, 6.45) is 1.47. The number of nitrogens with one attached hydrogen (secondary N) is 2.